The number of hydrogen-bond acceptors (Lipinski definition) is 5. The molecule has 1 aromatic heterocycles. The molecule has 1 saturated heterocycles. The maximum Gasteiger partial charge on any atom is 0.246 e. The maximum atomic E-state index is 12.9. The van der Waals surface area contributed by atoms with E-state index in [0.717, 1.165) is 19.5 Å². The van der Waals surface area contributed by atoms with Gasteiger partial charge in [0, 0.05) is 19.6 Å². The van der Waals surface area contributed by atoms with Crippen LogP contribution in [0.5, 0.6) is 0 Å². The molecule has 2 rings (SSSR count). The zero-order chi connectivity index (χ0) is 15.6. The van der Waals surface area contributed by atoms with Crippen LogP contribution in [0.2, 0.25) is 0 Å². The van der Waals surface area contributed by atoms with Crippen LogP contribution in [-0.4, -0.2) is 72.3 Å². The van der Waals surface area contributed by atoms with Gasteiger partial charge in [-0.1, -0.05) is 0 Å². The van der Waals surface area contributed by atoms with Gasteiger partial charge >= 0.3 is 0 Å². The Morgan fingerprint density at radius 2 is 1.90 bits per heavy atom. The molecular weight excluding hydrogens is 292 g/mol. The van der Waals surface area contributed by atoms with Crippen molar-refractivity contribution in [3.8, 4) is 0 Å². The Labute approximate surface area is 126 Å². The molecule has 0 atom stereocenters. The number of nitrogens with zero attached hydrogens (tertiary/aromatic N) is 4. The van der Waals surface area contributed by atoms with Crippen LogP contribution in [0.4, 0.5) is 0 Å². The van der Waals surface area contributed by atoms with E-state index in [4.69, 9.17) is 5.11 Å². The summed E-state index contributed by atoms with van der Waals surface area (Å²) in [6.07, 6.45) is 0.832. The second kappa shape index (κ2) is 6.43. The summed E-state index contributed by atoms with van der Waals surface area (Å²) < 4.78 is 28.9. The molecule has 2 heterocycles. The van der Waals surface area contributed by atoms with E-state index in [1.807, 2.05) is 7.05 Å². The van der Waals surface area contributed by atoms with Crippen molar-refractivity contribution in [1.29, 1.82) is 0 Å². The van der Waals surface area contributed by atoms with Crippen molar-refractivity contribution >= 4 is 10.0 Å². The van der Waals surface area contributed by atoms with E-state index in [2.05, 4.69) is 10.00 Å². The van der Waals surface area contributed by atoms with Crippen LogP contribution in [0, 0.1) is 13.8 Å². The second-order valence-electron chi connectivity index (χ2n) is 5.51. The monoisotopic (exact) mass is 316 g/mol. The topological polar surface area (TPSA) is 78.7 Å². The molecule has 0 unspecified atom stereocenters. The standard InChI is InChI=1S/C13H24N4O3S/c1-11-13(12(2)17(14-11)9-10-18)21(19,20)16-6-4-5-15(3)7-8-16/h18H,4-10H2,1-3H3. The molecule has 1 aliphatic heterocycles. The number of hydrogen-bond donors (Lipinski definition) is 1. The largest absolute Gasteiger partial charge is 0.394 e. The first-order valence-corrected chi connectivity index (χ1v) is 8.65. The minimum Gasteiger partial charge on any atom is -0.394 e. The fourth-order valence-corrected chi connectivity index (χ4v) is 4.60. The fraction of sp³-hybridized carbons (Fsp3) is 0.769. The summed E-state index contributed by atoms with van der Waals surface area (Å²) >= 11 is 0. The molecule has 21 heavy (non-hydrogen) atoms. The van der Waals surface area contributed by atoms with Crippen molar-refractivity contribution in [2.24, 2.45) is 0 Å². The van der Waals surface area contributed by atoms with Gasteiger partial charge in [-0.3, -0.25) is 4.68 Å². The molecule has 0 aromatic carbocycles. The van der Waals surface area contributed by atoms with Gasteiger partial charge < -0.3 is 10.0 Å². The Bertz CT molecular complexity index is 597. The third kappa shape index (κ3) is 3.28. The van der Waals surface area contributed by atoms with Crippen molar-refractivity contribution in [3.05, 3.63) is 11.4 Å². The highest BCUT2D eigenvalue weighted by molar-refractivity contribution is 7.89. The summed E-state index contributed by atoms with van der Waals surface area (Å²) in [7, 11) is -1.52. The summed E-state index contributed by atoms with van der Waals surface area (Å²) in [5.41, 5.74) is 1.10. The Hall–Kier alpha value is -0.960. The first-order chi connectivity index (χ1) is 9.87. The van der Waals surface area contributed by atoms with E-state index < -0.39 is 10.0 Å². The van der Waals surface area contributed by atoms with Crippen LogP contribution < -0.4 is 0 Å². The smallest absolute Gasteiger partial charge is 0.246 e. The SMILES string of the molecule is Cc1nn(CCO)c(C)c1S(=O)(=O)N1CCCN(C)CC1. The predicted octanol–water partition coefficient (Wildman–Crippen LogP) is -0.182. The lowest BCUT2D eigenvalue weighted by atomic mass is 10.4. The van der Waals surface area contributed by atoms with Crippen molar-refractivity contribution in [1.82, 2.24) is 19.0 Å². The van der Waals surface area contributed by atoms with Crippen molar-refractivity contribution in [2.75, 3.05) is 39.8 Å². The van der Waals surface area contributed by atoms with Gasteiger partial charge in [0.1, 0.15) is 4.90 Å². The van der Waals surface area contributed by atoms with E-state index in [1.54, 1.807) is 22.8 Å². The van der Waals surface area contributed by atoms with E-state index in [-0.39, 0.29) is 6.61 Å². The molecule has 0 spiro atoms. The number of aliphatic hydroxyl groups excluding tert-OH is 1. The lowest BCUT2D eigenvalue weighted by Gasteiger charge is -2.20. The molecule has 0 saturated carbocycles. The maximum absolute atomic E-state index is 12.9. The molecule has 0 aliphatic carbocycles. The number of rotatable bonds is 4. The summed E-state index contributed by atoms with van der Waals surface area (Å²) in [5, 5.41) is 13.3. The quantitative estimate of drug-likeness (QED) is 0.833. The Morgan fingerprint density at radius 1 is 1.19 bits per heavy atom. The normalized spacial score (nSPS) is 18.9. The Kier molecular flexibility index (Phi) is 5.03. The van der Waals surface area contributed by atoms with Crippen molar-refractivity contribution in [3.63, 3.8) is 0 Å². The minimum absolute atomic E-state index is 0.0596. The van der Waals surface area contributed by atoms with Crippen LogP contribution in [0.1, 0.15) is 17.8 Å². The summed E-state index contributed by atoms with van der Waals surface area (Å²) in [6.45, 7) is 6.39. The third-order valence-corrected chi connectivity index (χ3v) is 6.05. The molecule has 1 aliphatic rings. The van der Waals surface area contributed by atoms with E-state index in [1.165, 1.54) is 0 Å². The highest BCUT2D eigenvalue weighted by Gasteiger charge is 2.31. The van der Waals surface area contributed by atoms with Crippen LogP contribution in [0.15, 0.2) is 4.90 Å². The van der Waals surface area contributed by atoms with Crippen molar-refractivity contribution < 1.29 is 13.5 Å². The minimum atomic E-state index is -3.53. The highest BCUT2D eigenvalue weighted by Crippen LogP contribution is 2.24. The molecule has 0 bridgehead atoms. The van der Waals surface area contributed by atoms with Gasteiger partial charge in [-0.05, 0) is 33.9 Å². The predicted molar refractivity (Wildman–Crippen MR) is 79.7 cm³/mol. The average molecular weight is 316 g/mol. The van der Waals surface area contributed by atoms with E-state index in [0.29, 0.717) is 35.9 Å². The molecule has 8 heteroatoms. The number of aliphatic hydroxyl groups is 1. The fourth-order valence-electron chi connectivity index (χ4n) is 2.76. The molecule has 7 nitrogen and oxygen atoms in total. The van der Waals surface area contributed by atoms with E-state index >= 15 is 0 Å². The van der Waals surface area contributed by atoms with Gasteiger partial charge in [-0.15, -0.1) is 0 Å². The molecule has 1 fully saturated rings. The lowest BCUT2D eigenvalue weighted by molar-refractivity contribution is 0.267. The zero-order valence-corrected chi connectivity index (χ0v) is 13.7. The number of likely N-dealkylation sites (N-methyl/N-ethyl adjacent to an activating group) is 1. The van der Waals surface area contributed by atoms with Gasteiger partial charge in [0.05, 0.1) is 24.5 Å². The van der Waals surface area contributed by atoms with Crippen LogP contribution in [0.25, 0.3) is 0 Å². The number of aromatic nitrogens is 2. The molecular formula is C13H24N4O3S. The van der Waals surface area contributed by atoms with Gasteiger partial charge in [0.25, 0.3) is 0 Å². The first-order valence-electron chi connectivity index (χ1n) is 7.21. The average Bonchev–Trinajstić information content (AvgIpc) is 2.59. The zero-order valence-electron chi connectivity index (χ0n) is 12.9. The Balaban J connectivity index is 2.35. The molecule has 1 N–H and O–H groups in total. The summed E-state index contributed by atoms with van der Waals surface area (Å²) in [5.74, 6) is 0. The summed E-state index contributed by atoms with van der Waals surface area (Å²) in [4.78, 5) is 2.44. The molecule has 0 amide bonds. The van der Waals surface area contributed by atoms with Crippen LogP contribution in [0.3, 0.4) is 0 Å². The first kappa shape index (κ1) is 16.4. The molecule has 120 valence electrons. The third-order valence-electron chi connectivity index (χ3n) is 3.90. The summed E-state index contributed by atoms with van der Waals surface area (Å²) in [6, 6.07) is 0. The van der Waals surface area contributed by atoms with Gasteiger partial charge in [0.15, 0.2) is 0 Å². The van der Waals surface area contributed by atoms with Crippen LogP contribution in [-0.2, 0) is 16.6 Å². The molecule has 1 aromatic rings. The van der Waals surface area contributed by atoms with Crippen LogP contribution >= 0.6 is 0 Å². The number of aryl methyl sites for hydroxylation is 1. The second-order valence-corrected chi connectivity index (χ2v) is 7.38. The lowest BCUT2D eigenvalue weighted by Crippen LogP contribution is -2.35. The van der Waals surface area contributed by atoms with Gasteiger partial charge in [-0.25, -0.2) is 8.42 Å². The van der Waals surface area contributed by atoms with Gasteiger partial charge in [0.2, 0.25) is 10.0 Å². The highest BCUT2D eigenvalue weighted by atomic mass is 32.2. The van der Waals surface area contributed by atoms with Gasteiger partial charge in [-0.2, -0.15) is 9.40 Å². The van der Waals surface area contributed by atoms with Crippen molar-refractivity contribution in [2.45, 2.75) is 31.7 Å². The van der Waals surface area contributed by atoms with E-state index in [9.17, 15) is 8.42 Å². The number of sulfonamides is 1. The Morgan fingerprint density at radius 3 is 2.57 bits per heavy atom. The molecule has 0 radical (unpaired) electrons.